The SMILES string of the molecule is CC1CCN(c2ccc3nnc(-c4ccccc4)n3n2)C(c2ccco2)C1. The highest BCUT2D eigenvalue weighted by Crippen LogP contribution is 2.37. The molecule has 6 heteroatoms. The molecule has 0 bridgehead atoms. The zero-order valence-corrected chi connectivity index (χ0v) is 15.2. The van der Waals surface area contributed by atoms with Crippen LogP contribution in [0.2, 0.25) is 0 Å². The molecule has 0 amide bonds. The number of aromatic nitrogens is 4. The molecule has 27 heavy (non-hydrogen) atoms. The fraction of sp³-hybridized carbons (Fsp3) is 0.286. The minimum atomic E-state index is 0.199. The standard InChI is InChI=1S/C21H21N5O/c1-15-11-12-25(17(14-15)18-8-5-13-27-18)20-10-9-19-22-23-21(26(19)24-20)16-6-3-2-4-7-16/h2-10,13,15,17H,11-12,14H2,1H3. The Bertz CT molecular complexity index is 1040. The Morgan fingerprint density at radius 1 is 1.00 bits per heavy atom. The molecule has 5 rings (SSSR count). The number of fused-ring (bicyclic) bond motifs is 1. The van der Waals surface area contributed by atoms with Crippen molar-refractivity contribution in [3.8, 4) is 11.4 Å². The van der Waals surface area contributed by atoms with Crippen molar-refractivity contribution in [1.82, 2.24) is 19.8 Å². The van der Waals surface area contributed by atoms with Crippen molar-refractivity contribution in [3.05, 3.63) is 66.6 Å². The summed E-state index contributed by atoms with van der Waals surface area (Å²) in [5, 5.41) is 13.5. The van der Waals surface area contributed by atoms with E-state index >= 15 is 0 Å². The van der Waals surface area contributed by atoms with E-state index in [1.165, 1.54) is 0 Å². The smallest absolute Gasteiger partial charge is 0.185 e. The van der Waals surface area contributed by atoms with Crippen LogP contribution >= 0.6 is 0 Å². The van der Waals surface area contributed by atoms with Gasteiger partial charge in [0.1, 0.15) is 11.6 Å². The van der Waals surface area contributed by atoms with Gasteiger partial charge < -0.3 is 9.32 Å². The number of hydrogen-bond acceptors (Lipinski definition) is 5. The molecular weight excluding hydrogens is 338 g/mol. The normalized spacial score (nSPS) is 20.3. The Kier molecular flexibility index (Phi) is 3.89. The van der Waals surface area contributed by atoms with E-state index in [0.29, 0.717) is 5.92 Å². The highest BCUT2D eigenvalue weighted by Gasteiger charge is 2.30. The third-order valence-corrected chi connectivity index (χ3v) is 5.31. The monoisotopic (exact) mass is 359 g/mol. The fourth-order valence-corrected chi connectivity index (χ4v) is 3.87. The molecular formula is C21H21N5O. The first-order chi connectivity index (χ1) is 13.3. The van der Waals surface area contributed by atoms with Crippen molar-refractivity contribution in [2.75, 3.05) is 11.4 Å². The Balaban J connectivity index is 1.58. The van der Waals surface area contributed by atoms with Crippen molar-refractivity contribution in [1.29, 1.82) is 0 Å². The van der Waals surface area contributed by atoms with Gasteiger partial charge in [0.05, 0.1) is 12.3 Å². The second-order valence-electron chi connectivity index (χ2n) is 7.21. The number of furan rings is 1. The molecule has 3 aromatic heterocycles. The number of rotatable bonds is 3. The van der Waals surface area contributed by atoms with Crippen LogP contribution in [0.5, 0.6) is 0 Å². The summed E-state index contributed by atoms with van der Waals surface area (Å²) in [6.07, 6.45) is 3.95. The molecule has 1 aliphatic rings. The molecule has 0 N–H and O–H groups in total. The quantitative estimate of drug-likeness (QED) is 0.544. The lowest BCUT2D eigenvalue weighted by Crippen LogP contribution is -2.36. The van der Waals surface area contributed by atoms with Crippen LogP contribution < -0.4 is 4.90 Å². The molecule has 1 aliphatic heterocycles. The van der Waals surface area contributed by atoms with Gasteiger partial charge in [0.2, 0.25) is 0 Å². The third kappa shape index (κ3) is 2.87. The van der Waals surface area contributed by atoms with Gasteiger partial charge in [-0.05, 0) is 43.0 Å². The molecule has 0 spiro atoms. The van der Waals surface area contributed by atoms with Crippen LogP contribution in [0.15, 0.2) is 65.3 Å². The summed E-state index contributed by atoms with van der Waals surface area (Å²) in [6, 6.07) is 18.3. The molecule has 1 fully saturated rings. The molecule has 1 saturated heterocycles. The van der Waals surface area contributed by atoms with Gasteiger partial charge in [0, 0.05) is 12.1 Å². The summed E-state index contributed by atoms with van der Waals surface area (Å²) in [5.74, 6) is 3.34. The number of hydrogen-bond donors (Lipinski definition) is 0. The molecule has 2 unspecified atom stereocenters. The summed E-state index contributed by atoms with van der Waals surface area (Å²) in [5.41, 5.74) is 1.75. The number of piperidine rings is 1. The second kappa shape index (κ2) is 6.54. The van der Waals surface area contributed by atoms with Crippen LogP contribution in [0.4, 0.5) is 5.82 Å². The number of nitrogens with zero attached hydrogens (tertiary/aromatic N) is 5. The van der Waals surface area contributed by atoms with Gasteiger partial charge in [-0.3, -0.25) is 0 Å². The van der Waals surface area contributed by atoms with Crippen molar-refractivity contribution >= 4 is 11.5 Å². The summed E-state index contributed by atoms with van der Waals surface area (Å²) in [7, 11) is 0. The summed E-state index contributed by atoms with van der Waals surface area (Å²) in [6.45, 7) is 3.25. The maximum atomic E-state index is 5.74. The van der Waals surface area contributed by atoms with Gasteiger partial charge in [0.25, 0.3) is 0 Å². The molecule has 0 radical (unpaired) electrons. The van der Waals surface area contributed by atoms with Crippen LogP contribution in [-0.4, -0.2) is 26.4 Å². The van der Waals surface area contributed by atoms with Crippen molar-refractivity contribution in [3.63, 3.8) is 0 Å². The van der Waals surface area contributed by atoms with E-state index in [4.69, 9.17) is 9.52 Å². The first-order valence-corrected chi connectivity index (χ1v) is 9.37. The maximum absolute atomic E-state index is 5.74. The molecule has 4 heterocycles. The largest absolute Gasteiger partial charge is 0.467 e. The van der Waals surface area contributed by atoms with Crippen molar-refractivity contribution in [2.24, 2.45) is 5.92 Å². The van der Waals surface area contributed by atoms with E-state index in [2.05, 4.69) is 28.1 Å². The van der Waals surface area contributed by atoms with Crippen LogP contribution in [0.3, 0.4) is 0 Å². The topological polar surface area (TPSA) is 59.5 Å². The van der Waals surface area contributed by atoms with E-state index < -0.39 is 0 Å². The lowest BCUT2D eigenvalue weighted by atomic mass is 9.91. The minimum absolute atomic E-state index is 0.199. The first kappa shape index (κ1) is 16.1. The van der Waals surface area contributed by atoms with Crippen LogP contribution in [-0.2, 0) is 0 Å². The fourth-order valence-electron chi connectivity index (χ4n) is 3.87. The average molecular weight is 359 g/mol. The molecule has 136 valence electrons. The van der Waals surface area contributed by atoms with Gasteiger partial charge in [-0.15, -0.1) is 15.3 Å². The van der Waals surface area contributed by atoms with Crippen molar-refractivity contribution < 1.29 is 4.42 Å². The Morgan fingerprint density at radius 3 is 2.70 bits per heavy atom. The van der Waals surface area contributed by atoms with Crippen LogP contribution in [0, 0.1) is 5.92 Å². The summed E-state index contributed by atoms with van der Waals surface area (Å²) < 4.78 is 7.57. The van der Waals surface area contributed by atoms with Gasteiger partial charge in [0.15, 0.2) is 11.5 Å². The van der Waals surface area contributed by atoms with Gasteiger partial charge >= 0.3 is 0 Å². The summed E-state index contributed by atoms with van der Waals surface area (Å²) >= 11 is 0. The van der Waals surface area contributed by atoms with Crippen molar-refractivity contribution in [2.45, 2.75) is 25.8 Å². The predicted molar refractivity (Wildman–Crippen MR) is 103 cm³/mol. The predicted octanol–water partition coefficient (Wildman–Crippen LogP) is 4.36. The zero-order valence-electron chi connectivity index (χ0n) is 15.2. The highest BCUT2D eigenvalue weighted by molar-refractivity contribution is 5.59. The van der Waals surface area contributed by atoms with Gasteiger partial charge in [-0.2, -0.15) is 4.52 Å². The van der Waals surface area contributed by atoms with Gasteiger partial charge in [-0.25, -0.2) is 0 Å². The first-order valence-electron chi connectivity index (χ1n) is 9.37. The third-order valence-electron chi connectivity index (χ3n) is 5.31. The second-order valence-corrected chi connectivity index (χ2v) is 7.21. The van der Waals surface area contributed by atoms with Crippen LogP contribution in [0.1, 0.15) is 31.6 Å². The van der Waals surface area contributed by atoms with E-state index in [0.717, 1.165) is 48.0 Å². The Morgan fingerprint density at radius 2 is 1.89 bits per heavy atom. The lowest BCUT2D eigenvalue weighted by molar-refractivity contribution is 0.326. The molecule has 0 saturated carbocycles. The van der Waals surface area contributed by atoms with E-state index in [1.54, 1.807) is 6.26 Å². The minimum Gasteiger partial charge on any atom is -0.467 e. The maximum Gasteiger partial charge on any atom is 0.185 e. The molecule has 4 aromatic rings. The van der Waals surface area contributed by atoms with Gasteiger partial charge in [-0.1, -0.05) is 37.3 Å². The van der Waals surface area contributed by atoms with Crippen LogP contribution in [0.25, 0.3) is 17.0 Å². The summed E-state index contributed by atoms with van der Waals surface area (Å²) in [4.78, 5) is 2.34. The Hall–Kier alpha value is -3.15. The highest BCUT2D eigenvalue weighted by atomic mass is 16.3. The number of anilines is 1. The average Bonchev–Trinajstić information content (AvgIpc) is 3.38. The Labute approximate surface area is 157 Å². The lowest BCUT2D eigenvalue weighted by Gasteiger charge is -2.38. The molecule has 6 nitrogen and oxygen atoms in total. The number of benzene rings is 1. The molecule has 0 aliphatic carbocycles. The molecule has 1 aromatic carbocycles. The molecule has 2 atom stereocenters. The zero-order chi connectivity index (χ0) is 18.2. The van der Waals surface area contributed by atoms with E-state index in [-0.39, 0.29) is 6.04 Å². The van der Waals surface area contributed by atoms with E-state index in [9.17, 15) is 0 Å². The van der Waals surface area contributed by atoms with E-state index in [1.807, 2.05) is 53.0 Å².